The second kappa shape index (κ2) is 6.68. The van der Waals surface area contributed by atoms with Gasteiger partial charge in [0.25, 0.3) is 0 Å². The Labute approximate surface area is 133 Å². The predicted octanol–water partition coefficient (Wildman–Crippen LogP) is 4.24. The summed E-state index contributed by atoms with van der Waals surface area (Å²) in [6.07, 6.45) is 0. The van der Waals surface area contributed by atoms with E-state index in [2.05, 4.69) is 70.2 Å². The fraction of sp³-hybridized carbons (Fsp3) is 0.467. The van der Waals surface area contributed by atoms with Gasteiger partial charge in [-0.2, -0.15) is 4.37 Å². The molecule has 0 N–H and O–H groups in total. The van der Waals surface area contributed by atoms with Gasteiger partial charge in [-0.25, -0.2) is 4.98 Å². The Morgan fingerprint density at radius 1 is 1.20 bits per heavy atom. The van der Waals surface area contributed by atoms with Gasteiger partial charge >= 0.3 is 0 Å². The van der Waals surface area contributed by atoms with E-state index in [4.69, 9.17) is 4.98 Å². The van der Waals surface area contributed by atoms with Crippen molar-refractivity contribution in [2.75, 3.05) is 16.8 Å². The topological polar surface area (TPSA) is 29.0 Å². The first-order chi connectivity index (χ1) is 9.50. The van der Waals surface area contributed by atoms with Crippen LogP contribution in [0.3, 0.4) is 0 Å². The van der Waals surface area contributed by atoms with Gasteiger partial charge in [0.2, 0.25) is 5.13 Å². The number of alkyl halides is 1. The van der Waals surface area contributed by atoms with Gasteiger partial charge in [-0.05, 0) is 5.56 Å². The number of hydrogen-bond acceptors (Lipinski definition) is 4. The Morgan fingerprint density at radius 3 is 2.45 bits per heavy atom. The molecule has 0 saturated heterocycles. The first-order valence-corrected chi connectivity index (χ1v) is 8.59. The molecule has 0 spiro atoms. The second-order valence-corrected chi connectivity index (χ2v) is 7.27. The number of anilines is 1. The third-order valence-corrected chi connectivity index (χ3v) is 4.06. The smallest absolute Gasteiger partial charge is 0.205 e. The zero-order chi connectivity index (χ0) is 14.6. The van der Waals surface area contributed by atoms with Crippen molar-refractivity contribution in [2.45, 2.75) is 32.7 Å². The number of benzene rings is 1. The summed E-state index contributed by atoms with van der Waals surface area (Å²) in [4.78, 5) is 6.98. The highest BCUT2D eigenvalue weighted by Gasteiger charge is 2.21. The van der Waals surface area contributed by atoms with Gasteiger partial charge < -0.3 is 4.90 Å². The molecule has 3 nitrogen and oxygen atoms in total. The average Bonchev–Trinajstić information content (AvgIpc) is 2.89. The zero-order valence-electron chi connectivity index (χ0n) is 12.1. The third-order valence-electron chi connectivity index (χ3n) is 2.93. The minimum absolute atomic E-state index is 0.00156. The summed E-state index contributed by atoms with van der Waals surface area (Å²) >= 11 is 5.01. The molecule has 1 aromatic carbocycles. The maximum atomic E-state index is 4.71. The van der Waals surface area contributed by atoms with E-state index < -0.39 is 0 Å². The lowest BCUT2D eigenvalue weighted by atomic mass is 9.96. The van der Waals surface area contributed by atoms with Crippen molar-refractivity contribution in [1.29, 1.82) is 0 Å². The van der Waals surface area contributed by atoms with Crippen LogP contribution in [-0.4, -0.2) is 21.2 Å². The van der Waals surface area contributed by atoms with Crippen LogP contribution in [0.25, 0.3) is 0 Å². The van der Waals surface area contributed by atoms with Crippen molar-refractivity contribution in [3.63, 3.8) is 0 Å². The maximum absolute atomic E-state index is 4.71. The number of aromatic nitrogens is 2. The van der Waals surface area contributed by atoms with Crippen LogP contribution in [0.2, 0.25) is 0 Å². The van der Waals surface area contributed by atoms with Gasteiger partial charge in [0.1, 0.15) is 5.82 Å². The second-order valence-electron chi connectivity index (χ2n) is 5.75. The number of halogens is 1. The van der Waals surface area contributed by atoms with Crippen LogP contribution in [0.15, 0.2) is 30.3 Å². The van der Waals surface area contributed by atoms with Crippen LogP contribution >= 0.6 is 27.5 Å². The fourth-order valence-corrected chi connectivity index (χ4v) is 3.11. The fourth-order valence-electron chi connectivity index (χ4n) is 1.80. The average molecular weight is 354 g/mol. The molecule has 1 heterocycles. The van der Waals surface area contributed by atoms with E-state index in [-0.39, 0.29) is 5.41 Å². The highest BCUT2D eigenvalue weighted by atomic mass is 79.9. The molecule has 0 fully saturated rings. The molecule has 0 aliphatic carbocycles. The lowest BCUT2D eigenvalue weighted by Crippen LogP contribution is -2.25. The first-order valence-electron chi connectivity index (χ1n) is 6.70. The van der Waals surface area contributed by atoms with Crippen molar-refractivity contribution < 1.29 is 0 Å². The van der Waals surface area contributed by atoms with Crippen molar-refractivity contribution >= 4 is 32.6 Å². The number of nitrogens with zero attached hydrogens (tertiary/aromatic N) is 3. The molecule has 0 unspecified atom stereocenters. The van der Waals surface area contributed by atoms with E-state index in [0.717, 1.165) is 29.4 Å². The van der Waals surface area contributed by atoms with Gasteiger partial charge in [0.05, 0.1) is 0 Å². The Hall–Kier alpha value is -0.940. The summed E-state index contributed by atoms with van der Waals surface area (Å²) in [6, 6.07) is 10.5. The van der Waals surface area contributed by atoms with Crippen LogP contribution in [0.5, 0.6) is 0 Å². The van der Waals surface area contributed by atoms with Gasteiger partial charge in [-0.1, -0.05) is 67.0 Å². The van der Waals surface area contributed by atoms with Crippen molar-refractivity contribution in [2.24, 2.45) is 0 Å². The van der Waals surface area contributed by atoms with Crippen LogP contribution in [-0.2, 0) is 12.0 Å². The highest BCUT2D eigenvalue weighted by Crippen LogP contribution is 2.26. The Bertz CT molecular complexity index is 534. The largest absolute Gasteiger partial charge is 0.342 e. The van der Waals surface area contributed by atoms with Crippen molar-refractivity contribution in [1.82, 2.24) is 9.36 Å². The van der Waals surface area contributed by atoms with Gasteiger partial charge in [-0.3, -0.25) is 0 Å². The molecule has 20 heavy (non-hydrogen) atoms. The van der Waals surface area contributed by atoms with Crippen LogP contribution in [0.1, 0.15) is 32.2 Å². The lowest BCUT2D eigenvalue weighted by Gasteiger charge is -2.20. The van der Waals surface area contributed by atoms with Crippen LogP contribution < -0.4 is 4.90 Å². The summed E-state index contributed by atoms with van der Waals surface area (Å²) in [5.41, 5.74) is 1.29. The van der Waals surface area contributed by atoms with E-state index in [1.165, 1.54) is 17.1 Å². The van der Waals surface area contributed by atoms with E-state index in [1.54, 1.807) is 0 Å². The number of hydrogen-bond donors (Lipinski definition) is 0. The molecule has 108 valence electrons. The van der Waals surface area contributed by atoms with Crippen molar-refractivity contribution in [3.8, 4) is 0 Å². The van der Waals surface area contributed by atoms with Gasteiger partial charge in [-0.15, -0.1) is 0 Å². The quantitative estimate of drug-likeness (QED) is 0.752. The van der Waals surface area contributed by atoms with E-state index in [0.29, 0.717) is 0 Å². The highest BCUT2D eigenvalue weighted by molar-refractivity contribution is 9.09. The summed E-state index contributed by atoms with van der Waals surface area (Å²) in [5, 5.41) is 1.92. The Morgan fingerprint density at radius 2 is 1.90 bits per heavy atom. The first kappa shape index (κ1) is 15.4. The van der Waals surface area contributed by atoms with E-state index in [9.17, 15) is 0 Å². The van der Waals surface area contributed by atoms with Crippen molar-refractivity contribution in [3.05, 3.63) is 41.7 Å². The molecule has 0 radical (unpaired) electrons. The molecule has 2 rings (SSSR count). The summed E-state index contributed by atoms with van der Waals surface area (Å²) < 4.78 is 4.51. The standard InChI is InChI=1S/C15H20BrN3S/c1-15(2,3)13-17-14(20-18-13)19(10-9-16)11-12-7-5-4-6-8-12/h4-8H,9-11H2,1-3H3. The molecule has 0 aliphatic heterocycles. The molecular weight excluding hydrogens is 334 g/mol. The zero-order valence-corrected chi connectivity index (χ0v) is 14.5. The molecule has 1 aromatic heterocycles. The third kappa shape index (κ3) is 4.03. The summed E-state index contributed by atoms with van der Waals surface area (Å²) in [7, 11) is 0. The monoisotopic (exact) mass is 353 g/mol. The maximum Gasteiger partial charge on any atom is 0.205 e. The molecule has 0 aliphatic rings. The SMILES string of the molecule is CC(C)(C)c1nsc(N(CCBr)Cc2ccccc2)n1. The minimum Gasteiger partial charge on any atom is -0.342 e. The Kier molecular flexibility index (Phi) is 5.16. The summed E-state index contributed by atoms with van der Waals surface area (Å²) in [5.74, 6) is 0.921. The molecule has 2 aromatic rings. The number of rotatable bonds is 5. The van der Waals surface area contributed by atoms with Crippen LogP contribution in [0, 0.1) is 0 Å². The van der Waals surface area contributed by atoms with Crippen LogP contribution in [0.4, 0.5) is 5.13 Å². The normalized spacial score (nSPS) is 11.6. The van der Waals surface area contributed by atoms with E-state index in [1.807, 2.05) is 6.07 Å². The van der Waals surface area contributed by atoms with Gasteiger partial charge in [0, 0.05) is 35.4 Å². The molecule has 0 atom stereocenters. The molecule has 0 bridgehead atoms. The lowest BCUT2D eigenvalue weighted by molar-refractivity contribution is 0.554. The predicted molar refractivity (Wildman–Crippen MR) is 89.9 cm³/mol. The minimum atomic E-state index is 0.00156. The summed E-state index contributed by atoms with van der Waals surface area (Å²) in [6.45, 7) is 8.22. The molecule has 5 heteroatoms. The van der Waals surface area contributed by atoms with E-state index >= 15 is 0 Å². The van der Waals surface area contributed by atoms with Gasteiger partial charge in [0.15, 0.2) is 0 Å². The molecule has 0 amide bonds. The molecular formula is C15H20BrN3S. The molecule has 0 saturated carbocycles. The Balaban J connectivity index is 2.18.